The van der Waals surface area contributed by atoms with Crippen molar-refractivity contribution in [2.24, 2.45) is 0 Å². The average Bonchev–Trinajstić information content (AvgIpc) is 2.91. The largest absolute Gasteiger partial charge is 0.481 e. The fourth-order valence-electron chi connectivity index (χ4n) is 2.60. The van der Waals surface area contributed by atoms with E-state index in [1.807, 2.05) is 0 Å². The summed E-state index contributed by atoms with van der Waals surface area (Å²) in [5.74, 6) is -1.60. The molecule has 4 nitrogen and oxygen atoms in total. The van der Waals surface area contributed by atoms with Gasteiger partial charge in [-0.2, -0.15) is 0 Å². The van der Waals surface area contributed by atoms with Crippen molar-refractivity contribution in [1.29, 1.82) is 0 Å². The van der Waals surface area contributed by atoms with Gasteiger partial charge in [-0.25, -0.2) is 0 Å². The van der Waals surface area contributed by atoms with Crippen molar-refractivity contribution in [3.8, 4) is 0 Å². The van der Waals surface area contributed by atoms with Crippen LogP contribution in [0.4, 0.5) is 5.69 Å². The molecule has 0 spiro atoms. The Hall–Kier alpha value is -1.85. The lowest BCUT2D eigenvalue weighted by molar-refractivity contribution is -0.139. The molecule has 1 aliphatic rings. The highest BCUT2D eigenvalue weighted by Crippen LogP contribution is 2.37. The third-order valence-electron chi connectivity index (χ3n) is 3.60. The van der Waals surface area contributed by atoms with Gasteiger partial charge in [-0.3, -0.25) is 9.59 Å². The number of hydrogen-bond acceptors (Lipinski definition) is 3. The molecule has 0 saturated heterocycles. The number of fused-ring (bicyclic) bond motifs is 1. The molecule has 1 aromatic carbocycles. The first-order chi connectivity index (χ1) is 10.1. The van der Waals surface area contributed by atoms with Crippen molar-refractivity contribution in [1.82, 2.24) is 0 Å². The fraction of sp³-hybridized carbons (Fsp3) is 0.200. The van der Waals surface area contributed by atoms with E-state index in [0.29, 0.717) is 34.1 Å². The predicted octanol–water partition coefficient (Wildman–Crippen LogP) is 3.62. The van der Waals surface area contributed by atoms with Crippen molar-refractivity contribution < 1.29 is 14.7 Å². The van der Waals surface area contributed by atoms with Crippen molar-refractivity contribution >= 4 is 40.5 Å². The van der Waals surface area contributed by atoms with Crippen LogP contribution in [0.1, 0.15) is 27.6 Å². The number of hydrogen-bond donors (Lipinski definition) is 1. The smallest absolute Gasteiger partial charge is 0.311 e. The molecular weight excluding hydrogens is 310 g/mol. The minimum Gasteiger partial charge on any atom is -0.481 e. The van der Waals surface area contributed by atoms with Gasteiger partial charge in [-0.05, 0) is 29.5 Å². The SMILES string of the molecule is O=C(O)C1CCN(C(=O)c2sccc2Cl)c2ccccc21. The summed E-state index contributed by atoms with van der Waals surface area (Å²) in [5, 5.41) is 11.5. The molecule has 1 atom stereocenters. The monoisotopic (exact) mass is 321 g/mol. The average molecular weight is 322 g/mol. The van der Waals surface area contributed by atoms with Crippen LogP contribution in [0.3, 0.4) is 0 Å². The maximum absolute atomic E-state index is 12.6. The first-order valence-corrected chi connectivity index (χ1v) is 7.72. The number of nitrogens with zero attached hydrogens (tertiary/aromatic N) is 1. The van der Waals surface area contributed by atoms with Gasteiger partial charge < -0.3 is 10.0 Å². The molecule has 21 heavy (non-hydrogen) atoms. The Morgan fingerprint density at radius 1 is 1.29 bits per heavy atom. The van der Waals surface area contributed by atoms with Gasteiger partial charge in [-0.15, -0.1) is 11.3 Å². The van der Waals surface area contributed by atoms with E-state index >= 15 is 0 Å². The van der Waals surface area contributed by atoms with Crippen LogP contribution in [0.25, 0.3) is 0 Å². The molecule has 2 heterocycles. The second kappa shape index (κ2) is 5.50. The molecule has 1 aromatic heterocycles. The second-order valence-electron chi connectivity index (χ2n) is 4.79. The lowest BCUT2D eigenvalue weighted by Gasteiger charge is -2.32. The number of carbonyl (C=O) groups excluding carboxylic acids is 1. The Morgan fingerprint density at radius 2 is 2.05 bits per heavy atom. The second-order valence-corrected chi connectivity index (χ2v) is 6.12. The number of halogens is 1. The van der Waals surface area contributed by atoms with Gasteiger partial charge in [0.1, 0.15) is 4.88 Å². The Morgan fingerprint density at radius 3 is 2.71 bits per heavy atom. The summed E-state index contributed by atoms with van der Waals surface area (Å²) in [6.07, 6.45) is 0.404. The zero-order valence-electron chi connectivity index (χ0n) is 11.0. The molecule has 6 heteroatoms. The third kappa shape index (κ3) is 2.43. The Labute approximate surface area is 130 Å². The summed E-state index contributed by atoms with van der Waals surface area (Å²) in [7, 11) is 0. The number of benzene rings is 1. The normalized spacial score (nSPS) is 17.4. The number of para-hydroxylation sites is 1. The Bertz CT molecular complexity index is 712. The molecule has 0 radical (unpaired) electrons. The maximum atomic E-state index is 12.6. The van der Waals surface area contributed by atoms with E-state index in [9.17, 15) is 14.7 Å². The van der Waals surface area contributed by atoms with E-state index in [2.05, 4.69) is 0 Å². The lowest BCUT2D eigenvalue weighted by Crippen LogP contribution is -2.37. The Balaban J connectivity index is 2.02. The zero-order valence-corrected chi connectivity index (χ0v) is 12.5. The van der Waals surface area contributed by atoms with E-state index in [-0.39, 0.29) is 5.91 Å². The van der Waals surface area contributed by atoms with E-state index in [4.69, 9.17) is 11.6 Å². The fourth-order valence-corrected chi connectivity index (χ4v) is 3.68. The molecular formula is C15H12ClNO3S. The van der Waals surface area contributed by atoms with Crippen molar-refractivity contribution in [2.45, 2.75) is 12.3 Å². The Kier molecular flexibility index (Phi) is 3.69. The van der Waals surface area contributed by atoms with E-state index in [1.165, 1.54) is 11.3 Å². The van der Waals surface area contributed by atoms with Crippen LogP contribution in [0.15, 0.2) is 35.7 Å². The van der Waals surface area contributed by atoms with Gasteiger partial charge in [0.2, 0.25) is 0 Å². The summed E-state index contributed by atoms with van der Waals surface area (Å²) in [6.45, 7) is 0.376. The molecule has 1 aliphatic heterocycles. The van der Waals surface area contributed by atoms with Gasteiger partial charge in [-0.1, -0.05) is 29.8 Å². The molecule has 1 amide bonds. The third-order valence-corrected chi connectivity index (χ3v) is 4.93. The quantitative estimate of drug-likeness (QED) is 0.919. The number of carbonyl (C=O) groups is 2. The van der Waals surface area contributed by atoms with Gasteiger partial charge in [0.25, 0.3) is 5.91 Å². The molecule has 0 saturated carbocycles. The van der Waals surface area contributed by atoms with Crippen LogP contribution >= 0.6 is 22.9 Å². The van der Waals surface area contributed by atoms with Crippen LogP contribution in [0.5, 0.6) is 0 Å². The van der Waals surface area contributed by atoms with Crippen molar-refractivity contribution in [3.05, 3.63) is 51.2 Å². The summed E-state index contributed by atoms with van der Waals surface area (Å²) in [4.78, 5) is 26.1. The molecule has 1 N–H and O–H groups in total. The standard InChI is InChI=1S/C15H12ClNO3S/c16-11-6-8-21-13(11)14(18)17-7-5-10(15(19)20)9-3-1-2-4-12(9)17/h1-4,6,8,10H,5,7H2,(H,19,20). The van der Waals surface area contributed by atoms with E-state index < -0.39 is 11.9 Å². The van der Waals surface area contributed by atoms with Crippen molar-refractivity contribution in [3.63, 3.8) is 0 Å². The highest BCUT2D eigenvalue weighted by atomic mass is 35.5. The van der Waals surface area contributed by atoms with E-state index in [1.54, 1.807) is 40.6 Å². The molecule has 0 bridgehead atoms. The van der Waals surface area contributed by atoms with Crippen LogP contribution < -0.4 is 4.90 Å². The number of carboxylic acid groups (broad SMARTS) is 1. The minimum atomic E-state index is -0.858. The summed E-state index contributed by atoms with van der Waals surface area (Å²) in [5.41, 5.74) is 1.34. The summed E-state index contributed by atoms with van der Waals surface area (Å²) >= 11 is 7.32. The lowest BCUT2D eigenvalue weighted by atomic mass is 9.90. The topological polar surface area (TPSA) is 57.6 Å². The van der Waals surface area contributed by atoms with Crippen LogP contribution in [0.2, 0.25) is 5.02 Å². The molecule has 0 fully saturated rings. The van der Waals surface area contributed by atoms with Gasteiger partial charge in [0.15, 0.2) is 0 Å². The van der Waals surface area contributed by atoms with Crippen LogP contribution in [-0.2, 0) is 4.79 Å². The predicted molar refractivity (Wildman–Crippen MR) is 82.4 cm³/mol. The number of aliphatic carboxylic acids is 1. The molecule has 2 aromatic rings. The number of thiophene rings is 1. The summed E-state index contributed by atoms with van der Waals surface area (Å²) in [6, 6.07) is 8.84. The number of rotatable bonds is 2. The summed E-state index contributed by atoms with van der Waals surface area (Å²) < 4.78 is 0. The molecule has 1 unspecified atom stereocenters. The minimum absolute atomic E-state index is 0.175. The molecule has 0 aliphatic carbocycles. The molecule has 108 valence electrons. The maximum Gasteiger partial charge on any atom is 0.311 e. The number of carboxylic acids is 1. The van der Waals surface area contributed by atoms with Gasteiger partial charge in [0, 0.05) is 12.2 Å². The van der Waals surface area contributed by atoms with Crippen molar-refractivity contribution in [2.75, 3.05) is 11.4 Å². The van der Waals surface area contributed by atoms with Gasteiger partial charge in [0.05, 0.1) is 10.9 Å². The zero-order chi connectivity index (χ0) is 15.0. The first kappa shape index (κ1) is 14.1. The molecule has 3 rings (SSSR count). The van der Waals surface area contributed by atoms with E-state index in [0.717, 1.165) is 0 Å². The highest BCUT2D eigenvalue weighted by molar-refractivity contribution is 7.12. The van der Waals surface area contributed by atoms with Gasteiger partial charge >= 0.3 is 5.97 Å². The van der Waals surface area contributed by atoms with Crippen LogP contribution in [-0.4, -0.2) is 23.5 Å². The highest BCUT2D eigenvalue weighted by Gasteiger charge is 2.33. The number of amides is 1. The first-order valence-electron chi connectivity index (χ1n) is 6.46. The van der Waals surface area contributed by atoms with Crippen LogP contribution in [0, 0.1) is 0 Å². The number of anilines is 1.